The zero-order chi connectivity index (χ0) is 8.10. The molecule has 2 N–H and O–H groups in total. The Kier molecular flexibility index (Phi) is 2.34. The molecule has 0 atom stereocenters. The van der Waals surface area contributed by atoms with Crippen LogP contribution in [-0.2, 0) is 6.54 Å². The second-order valence-corrected chi connectivity index (χ2v) is 2.09. The minimum absolute atomic E-state index is 0.218. The zero-order valence-electron chi connectivity index (χ0n) is 5.91. The van der Waals surface area contributed by atoms with Gasteiger partial charge in [0.2, 0.25) is 0 Å². The maximum absolute atomic E-state index is 9.19. The third-order valence-electron chi connectivity index (χ3n) is 1.35. The lowest BCUT2D eigenvalue weighted by Crippen LogP contribution is -2.04. The lowest BCUT2D eigenvalue weighted by Gasteiger charge is -2.00. The molecule has 0 amide bonds. The van der Waals surface area contributed by atoms with E-state index in [9.17, 15) is 5.11 Å². The number of rotatable bonds is 2. The standard InChI is InChI=1S/C8H8N2O/c9-6-10-5-7-3-1-2-4-8(7)11/h1-4,10-11H,5H2. The van der Waals surface area contributed by atoms with Crippen molar-refractivity contribution < 1.29 is 5.11 Å². The van der Waals surface area contributed by atoms with Crippen LogP contribution in [0.5, 0.6) is 5.75 Å². The third kappa shape index (κ3) is 1.87. The summed E-state index contributed by atoms with van der Waals surface area (Å²) in [5.74, 6) is 0.218. The SMILES string of the molecule is N#CNCc1ccccc1O. The minimum atomic E-state index is 0.218. The van der Waals surface area contributed by atoms with Gasteiger partial charge in [-0.05, 0) is 6.07 Å². The van der Waals surface area contributed by atoms with Gasteiger partial charge in [0.1, 0.15) is 5.75 Å². The summed E-state index contributed by atoms with van der Waals surface area (Å²) in [6, 6.07) is 6.91. The van der Waals surface area contributed by atoms with Crippen molar-refractivity contribution in [3.63, 3.8) is 0 Å². The number of phenolic OH excluding ortho intramolecular Hbond substituents is 1. The molecule has 0 aliphatic rings. The molecule has 0 heterocycles. The topological polar surface area (TPSA) is 56.0 Å². The predicted molar refractivity (Wildman–Crippen MR) is 40.6 cm³/mol. The molecule has 3 heteroatoms. The maximum atomic E-state index is 9.19. The Morgan fingerprint density at radius 1 is 1.45 bits per heavy atom. The molecule has 3 nitrogen and oxygen atoms in total. The van der Waals surface area contributed by atoms with Gasteiger partial charge in [-0.15, -0.1) is 0 Å². The second-order valence-electron chi connectivity index (χ2n) is 2.09. The second kappa shape index (κ2) is 3.47. The first-order valence-electron chi connectivity index (χ1n) is 3.23. The average Bonchev–Trinajstić information content (AvgIpc) is 2.03. The Labute approximate surface area is 64.9 Å². The van der Waals surface area contributed by atoms with E-state index in [-0.39, 0.29) is 5.75 Å². The van der Waals surface area contributed by atoms with Gasteiger partial charge < -0.3 is 10.4 Å². The van der Waals surface area contributed by atoms with E-state index < -0.39 is 0 Å². The molecule has 1 aromatic rings. The molecule has 56 valence electrons. The number of phenols is 1. The van der Waals surface area contributed by atoms with Gasteiger partial charge >= 0.3 is 0 Å². The highest BCUT2D eigenvalue weighted by Crippen LogP contribution is 2.14. The van der Waals surface area contributed by atoms with E-state index in [1.807, 2.05) is 6.07 Å². The molecule has 1 aromatic carbocycles. The van der Waals surface area contributed by atoms with Gasteiger partial charge in [-0.1, -0.05) is 18.2 Å². The minimum Gasteiger partial charge on any atom is -0.508 e. The molecule has 0 saturated heterocycles. The van der Waals surface area contributed by atoms with Crippen LogP contribution >= 0.6 is 0 Å². The summed E-state index contributed by atoms with van der Waals surface area (Å²) >= 11 is 0. The number of nitriles is 1. The highest BCUT2D eigenvalue weighted by Gasteiger charge is 1.96. The molecule has 0 radical (unpaired) electrons. The van der Waals surface area contributed by atoms with Gasteiger partial charge in [-0.3, -0.25) is 0 Å². The number of hydrogen-bond acceptors (Lipinski definition) is 3. The molecular formula is C8H8N2O. The van der Waals surface area contributed by atoms with Crippen LogP contribution in [0.3, 0.4) is 0 Å². The predicted octanol–water partition coefficient (Wildman–Crippen LogP) is 0.963. The highest BCUT2D eigenvalue weighted by molar-refractivity contribution is 5.31. The van der Waals surface area contributed by atoms with E-state index in [2.05, 4.69) is 5.32 Å². The summed E-state index contributed by atoms with van der Waals surface area (Å²) in [6.45, 7) is 0.378. The Balaban J connectivity index is 2.71. The fourth-order valence-corrected chi connectivity index (χ4v) is 0.795. The van der Waals surface area contributed by atoms with E-state index in [4.69, 9.17) is 5.26 Å². The summed E-state index contributed by atoms with van der Waals surface area (Å²) in [4.78, 5) is 0. The molecule has 0 aliphatic heterocycles. The lowest BCUT2D eigenvalue weighted by molar-refractivity contribution is 0.467. The number of benzene rings is 1. The fourth-order valence-electron chi connectivity index (χ4n) is 0.795. The van der Waals surface area contributed by atoms with Crippen LogP contribution in [0.4, 0.5) is 0 Å². The van der Waals surface area contributed by atoms with E-state index in [0.717, 1.165) is 5.56 Å². The first-order chi connectivity index (χ1) is 5.34. The summed E-state index contributed by atoms with van der Waals surface area (Å²) in [5, 5.41) is 19.8. The monoisotopic (exact) mass is 148 g/mol. The van der Waals surface area contributed by atoms with Crippen molar-refractivity contribution in [2.45, 2.75) is 6.54 Å². The molecule has 1 rings (SSSR count). The zero-order valence-corrected chi connectivity index (χ0v) is 5.91. The highest BCUT2D eigenvalue weighted by atomic mass is 16.3. The number of para-hydroxylation sites is 1. The molecular weight excluding hydrogens is 140 g/mol. The molecule has 0 unspecified atom stereocenters. The fraction of sp³-hybridized carbons (Fsp3) is 0.125. The summed E-state index contributed by atoms with van der Waals surface area (Å²) < 4.78 is 0. The normalized spacial score (nSPS) is 8.64. The molecule has 0 saturated carbocycles. The van der Waals surface area contributed by atoms with E-state index >= 15 is 0 Å². The van der Waals surface area contributed by atoms with Crippen LogP contribution in [0.1, 0.15) is 5.56 Å². The van der Waals surface area contributed by atoms with Gasteiger partial charge in [0.05, 0.1) is 6.54 Å². The van der Waals surface area contributed by atoms with Gasteiger partial charge in [-0.2, -0.15) is 5.26 Å². The van der Waals surface area contributed by atoms with Crippen LogP contribution in [-0.4, -0.2) is 5.11 Å². The Bertz CT molecular complexity index is 278. The van der Waals surface area contributed by atoms with Gasteiger partial charge in [0.15, 0.2) is 6.19 Å². The quantitative estimate of drug-likeness (QED) is 0.485. The largest absolute Gasteiger partial charge is 0.508 e. The Morgan fingerprint density at radius 2 is 2.18 bits per heavy atom. The molecule has 0 fully saturated rings. The summed E-state index contributed by atoms with van der Waals surface area (Å²) in [5.41, 5.74) is 0.731. The smallest absolute Gasteiger partial charge is 0.176 e. The number of nitrogens with zero attached hydrogens (tertiary/aromatic N) is 1. The number of hydrogen-bond donors (Lipinski definition) is 2. The Hall–Kier alpha value is -1.69. The van der Waals surface area contributed by atoms with E-state index in [0.29, 0.717) is 6.54 Å². The first-order valence-corrected chi connectivity index (χ1v) is 3.23. The molecule has 0 bridgehead atoms. The first kappa shape index (κ1) is 7.42. The maximum Gasteiger partial charge on any atom is 0.176 e. The lowest BCUT2D eigenvalue weighted by atomic mass is 10.2. The number of nitrogens with one attached hydrogen (secondary N) is 1. The van der Waals surface area contributed by atoms with Crippen LogP contribution < -0.4 is 5.32 Å². The summed E-state index contributed by atoms with van der Waals surface area (Å²) in [6.07, 6.45) is 1.78. The van der Waals surface area contributed by atoms with E-state index in [1.165, 1.54) is 0 Å². The molecule has 0 aromatic heterocycles. The van der Waals surface area contributed by atoms with Crippen molar-refractivity contribution in [2.75, 3.05) is 0 Å². The third-order valence-corrected chi connectivity index (χ3v) is 1.35. The van der Waals surface area contributed by atoms with Gasteiger partial charge in [0, 0.05) is 5.56 Å². The molecule has 0 spiro atoms. The van der Waals surface area contributed by atoms with Crippen molar-refractivity contribution >= 4 is 0 Å². The molecule has 0 aliphatic carbocycles. The van der Waals surface area contributed by atoms with Gasteiger partial charge in [-0.25, -0.2) is 0 Å². The number of aromatic hydroxyl groups is 1. The van der Waals surface area contributed by atoms with Crippen molar-refractivity contribution in [2.24, 2.45) is 0 Å². The van der Waals surface area contributed by atoms with Crippen LogP contribution in [0.15, 0.2) is 24.3 Å². The van der Waals surface area contributed by atoms with Crippen molar-refractivity contribution in [1.29, 1.82) is 5.26 Å². The van der Waals surface area contributed by atoms with E-state index in [1.54, 1.807) is 24.4 Å². The molecule has 11 heavy (non-hydrogen) atoms. The van der Waals surface area contributed by atoms with Crippen molar-refractivity contribution in [1.82, 2.24) is 5.32 Å². The average molecular weight is 148 g/mol. The van der Waals surface area contributed by atoms with Crippen LogP contribution in [0.2, 0.25) is 0 Å². The van der Waals surface area contributed by atoms with Gasteiger partial charge in [0.25, 0.3) is 0 Å². The van der Waals surface area contributed by atoms with Crippen molar-refractivity contribution in [3.05, 3.63) is 29.8 Å². The summed E-state index contributed by atoms with van der Waals surface area (Å²) in [7, 11) is 0. The van der Waals surface area contributed by atoms with Crippen molar-refractivity contribution in [3.8, 4) is 11.9 Å². The Morgan fingerprint density at radius 3 is 2.82 bits per heavy atom. The van der Waals surface area contributed by atoms with Crippen LogP contribution in [0, 0.1) is 11.5 Å². The van der Waals surface area contributed by atoms with Crippen LogP contribution in [0.25, 0.3) is 0 Å².